The highest BCUT2D eigenvalue weighted by atomic mass is 16.5. The van der Waals surface area contributed by atoms with Crippen LogP contribution in [0.2, 0.25) is 0 Å². The van der Waals surface area contributed by atoms with Crippen molar-refractivity contribution in [3.63, 3.8) is 0 Å². The third kappa shape index (κ3) is 8.72. The first-order valence-corrected chi connectivity index (χ1v) is 12.8. The van der Waals surface area contributed by atoms with Gasteiger partial charge in [0.25, 0.3) is 0 Å². The van der Waals surface area contributed by atoms with Gasteiger partial charge >= 0.3 is 0 Å². The van der Waals surface area contributed by atoms with Gasteiger partial charge in [-0.3, -0.25) is 9.59 Å². The Labute approximate surface area is 190 Å². The van der Waals surface area contributed by atoms with Crippen LogP contribution in [0.15, 0.2) is 0 Å². The maximum Gasteiger partial charge on any atom is 0.242 e. The van der Waals surface area contributed by atoms with Crippen LogP contribution in [0.1, 0.15) is 91.9 Å². The highest BCUT2D eigenvalue weighted by molar-refractivity contribution is 5.90. The first-order chi connectivity index (χ1) is 14.9. The van der Waals surface area contributed by atoms with Gasteiger partial charge in [0.05, 0.1) is 12.0 Å². The molecule has 2 heterocycles. The summed E-state index contributed by atoms with van der Waals surface area (Å²) >= 11 is 0. The van der Waals surface area contributed by atoms with Gasteiger partial charge in [-0.1, -0.05) is 46.5 Å². The SMILES string of the molecule is CCCCCN1CCC2(CCCCCOC[C@@H](C)NC(=O)[C@H](CC(C)C)NC2=O)CC1. The standard InChI is InChI=1S/C25H47N3O3/c1-5-6-9-14-28-15-12-25(13-16-28)11-8-7-10-17-31-19-21(4)26-23(29)22(18-20(2)3)27-24(25)30/h20-22H,5-19H2,1-4H3,(H,26,29)(H,27,30)/t21-,22+/m1/s1. The number of likely N-dealkylation sites (tertiary alicyclic amines) is 1. The molecule has 180 valence electrons. The molecule has 2 N–H and O–H groups in total. The number of ether oxygens (including phenoxy) is 1. The van der Waals surface area contributed by atoms with Crippen LogP contribution in [-0.2, 0) is 14.3 Å². The maximum absolute atomic E-state index is 13.6. The molecule has 0 unspecified atom stereocenters. The van der Waals surface area contributed by atoms with Crippen molar-refractivity contribution >= 4 is 11.8 Å². The van der Waals surface area contributed by atoms with E-state index in [0.717, 1.165) is 64.8 Å². The highest BCUT2D eigenvalue weighted by Gasteiger charge is 2.42. The van der Waals surface area contributed by atoms with Crippen LogP contribution in [0.3, 0.4) is 0 Å². The van der Waals surface area contributed by atoms with E-state index in [4.69, 9.17) is 4.74 Å². The van der Waals surface area contributed by atoms with Crippen LogP contribution in [0, 0.1) is 11.3 Å². The number of nitrogens with one attached hydrogen (secondary N) is 2. The van der Waals surface area contributed by atoms with E-state index < -0.39 is 6.04 Å². The normalized spacial score (nSPS) is 27.0. The fourth-order valence-corrected chi connectivity index (χ4v) is 4.88. The van der Waals surface area contributed by atoms with Crippen molar-refractivity contribution in [3.8, 4) is 0 Å². The summed E-state index contributed by atoms with van der Waals surface area (Å²) in [5.41, 5.74) is -0.340. The summed E-state index contributed by atoms with van der Waals surface area (Å²) in [6.45, 7) is 12.7. The minimum Gasteiger partial charge on any atom is -0.379 e. The number of nitrogens with zero attached hydrogens (tertiary/aromatic N) is 1. The van der Waals surface area contributed by atoms with Crippen molar-refractivity contribution in [1.29, 1.82) is 0 Å². The monoisotopic (exact) mass is 437 g/mol. The molecule has 0 bridgehead atoms. The molecule has 2 fully saturated rings. The minimum absolute atomic E-state index is 0.0534. The molecule has 0 aromatic heterocycles. The summed E-state index contributed by atoms with van der Waals surface area (Å²) in [6.07, 6.45) is 10.3. The number of piperidine rings is 1. The second-order valence-corrected chi connectivity index (χ2v) is 10.3. The van der Waals surface area contributed by atoms with E-state index in [0.29, 0.717) is 18.9 Å². The molecule has 2 rings (SSSR count). The lowest BCUT2D eigenvalue weighted by atomic mass is 9.73. The summed E-state index contributed by atoms with van der Waals surface area (Å²) in [5, 5.41) is 6.24. The zero-order chi connectivity index (χ0) is 22.7. The molecule has 31 heavy (non-hydrogen) atoms. The van der Waals surface area contributed by atoms with E-state index in [1.807, 2.05) is 6.92 Å². The molecule has 2 aliphatic heterocycles. The van der Waals surface area contributed by atoms with Gasteiger partial charge in [0.15, 0.2) is 0 Å². The van der Waals surface area contributed by atoms with Gasteiger partial charge in [-0.25, -0.2) is 0 Å². The van der Waals surface area contributed by atoms with Crippen molar-refractivity contribution < 1.29 is 14.3 Å². The fourth-order valence-electron chi connectivity index (χ4n) is 4.88. The molecule has 0 saturated carbocycles. The summed E-state index contributed by atoms with van der Waals surface area (Å²) in [5.74, 6) is 0.350. The molecule has 6 heteroatoms. The predicted molar refractivity (Wildman–Crippen MR) is 126 cm³/mol. The summed E-state index contributed by atoms with van der Waals surface area (Å²) < 4.78 is 5.77. The van der Waals surface area contributed by atoms with E-state index in [2.05, 4.69) is 36.3 Å². The molecule has 0 radical (unpaired) electrons. The quantitative estimate of drug-likeness (QED) is 0.619. The summed E-state index contributed by atoms with van der Waals surface area (Å²) in [6, 6.07) is -0.528. The number of carbonyl (C=O) groups is 2. The first-order valence-electron chi connectivity index (χ1n) is 12.8. The van der Waals surface area contributed by atoms with E-state index in [9.17, 15) is 9.59 Å². The van der Waals surface area contributed by atoms with Gasteiger partial charge in [-0.05, 0) is 71.0 Å². The van der Waals surface area contributed by atoms with Crippen molar-refractivity contribution in [3.05, 3.63) is 0 Å². The lowest BCUT2D eigenvalue weighted by Crippen LogP contribution is -2.56. The number of hydrogen-bond acceptors (Lipinski definition) is 4. The predicted octanol–water partition coefficient (Wildman–Crippen LogP) is 3.89. The molecule has 0 aliphatic carbocycles. The molecule has 2 atom stereocenters. The largest absolute Gasteiger partial charge is 0.379 e. The van der Waals surface area contributed by atoms with Gasteiger partial charge in [-0.15, -0.1) is 0 Å². The van der Waals surface area contributed by atoms with Crippen LogP contribution < -0.4 is 10.6 Å². The zero-order valence-corrected chi connectivity index (χ0v) is 20.5. The van der Waals surface area contributed by atoms with Crippen molar-refractivity contribution in [2.24, 2.45) is 11.3 Å². The van der Waals surface area contributed by atoms with Gasteiger partial charge in [0, 0.05) is 12.6 Å². The Morgan fingerprint density at radius 1 is 1.06 bits per heavy atom. The maximum atomic E-state index is 13.6. The van der Waals surface area contributed by atoms with Crippen LogP contribution in [0.5, 0.6) is 0 Å². The van der Waals surface area contributed by atoms with Crippen molar-refractivity contribution in [2.45, 2.75) is 104 Å². The Balaban J connectivity index is 2.10. The number of rotatable bonds is 6. The van der Waals surface area contributed by atoms with Crippen molar-refractivity contribution in [1.82, 2.24) is 15.5 Å². The smallest absolute Gasteiger partial charge is 0.242 e. The van der Waals surface area contributed by atoms with Gasteiger partial charge in [0.2, 0.25) is 11.8 Å². The number of unbranched alkanes of at least 4 members (excludes halogenated alkanes) is 2. The first kappa shape index (κ1) is 26.1. The number of hydrogen-bond donors (Lipinski definition) is 2. The Bertz CT molecular complexity index is 544. The summed E-state index contributed by atoms with van der Waals surface area (Å²) in [4.78, 5) is 29.1. The lowest BCUT2D eigenvalue weighted by molar-refractivity contribution is -0.139. The Hall–Kier alpha value is -1.14. The molecule has 1 spiro atoms. The van der Waals surface area contributed by atoms with Crippen LogP contribution >= 0.6 is 0 Å². The zero-order valence-electron chi connectivity index (χ0n) is 20.5. The van der Waals surface area contributed by atoms with Crippen LogP contribution in [-0.4, -0.2) is 61.6 Å². The highest BCUT2D eigenvalue weighted by Crippen LogP contribution is 2.37. The molecule has 2 saturated heterocycles. The second kappa shape index (κ2) is 13.4. The third-order valence-electron chi connectivity index (χ3n) is 6.90. The minimum atomic E-state index is -0.475. The molecular weight excluding hydrogens is 390 g/mol. The molecular formula is C25H47N3O3. The molecule has 6 nitrogen and oxygen atoms in total. The number of carbonyl (C=O) groups excluding carboxylic acids is 2. The Morgan fingerprint density at radius 2 is 1.81 bits per heavy atom. The van der Waals surface area contributed by atoms with E-state index >= 15 is 0 Å². The van der Waals surface area contributed by atoms with Gasteiger partial charge < -0.3 is 20.3 Å². The van der Waals surface area contributed by atoms with E-state index in [1.54, 1.807) is 0 Å². The fraction of sp³-hybridized carbons (Fsp3) is 0.920. The molecule has 0 aromatic carbocycles. The second-order valence-electron chi connectivity index (χ2n) is 10.3. The Kier molecular flexibility index (Phi) is 11.3. The third-order valence-corrected chi connectivity index (χ3v) is 6.90. The number of amides is 2. The van der Waals surface area contributed by atoms with Gasteiger partial charge in [-0.2, -0.15) is 0 Å². The lowest BCUT2D eigenvalue weighted by Gasteiger charge is -2.41. The summed E-state index contributed by atoms with van der Waals surface area (Å²) in [7, 11) is 0. The average molecular weight is 438 g/mol. The Morgan fingerprint density at radius 3 is 2.48 bits per heavy atom. The molecule has 2 amide bonds. The molecule has 2 aliphatic rings. The molecule has 0 aromatic rings. The van der Waals surface area contributed by atoms with Crippen LogP contribution in [0.4, 0.5) is 0 Å². The average Bonchev–Trinajstić information content (AvgIpc) is 2.73. The van der Waals surface area contributed by atoms with Gasteiger partial charge in [0.1, 0.15) is 6.04 Å². The topological polar surface area (TPSA) is 70.7 Å². The van der Waals surface area contributed by atoms with Crippen LogP contribution in [0.25, 0.3) is 0 Å². The van der Waals surface area contributed by atoms with E-state index in [-0.39, 0.29) is 23.3 Å². The van der Waals surface area contributed by atoms with Crippen molar-refractivity contribution in [2.75, 3.05) is 32.8 Å². The van der Waals surface area contributed by atoms with E-state index in [1.165, 1.54) is 19.3 Å².